The minimum Gasteiger partial charge on any atom is -0.354 e. The van der Waals surface area contributed by atoms with Crippen molar-refractivity contribution in [2.24, 2.45) is 0 Å². The molecular formula is C42H64N10O8. The highest BCUT2D eigenvalue weighted by atomic mass is 16.2. The summed E-state index contributed by atoms with van der Waals surface area (Å²) in [5.41, 5.74) is 0. The van der Waals surface area contributed by atoms with Crippen LogP contribution in [0, 0.1) is 49.4 Å². The van der Waals surface area contributed by atoms with Gasteiger partial charge in [-0.25, -0.2) is 0 Å². The van der Waals surface area contributed by atoms with Gasteiger partial charge >= 0.3 is 0 Å². The van der Waals surface area contributed by atoms with E-state index in [0.717, 1.165) is 0 Å². The van der Waals surface area contributed by atoms with Crippen LogP contribution in [0.4, 0.5) is 0 Å². The summed E-state index contributed by atoms with van der Waals surface area (Å²) in [6, 6.07) is 0. The van der Waals surface area contributed by atoms with E-state index in [1.54, 1.807) is 0 Å². The van der Waals surface area contributed by atoms with Gasteiger partial charge in [-0.3, -0.25) is 38.4 Å². The molecule has 0 heterocycles. The summed E-state index contributed by atoms with van der Waals surface area (Å²) < 4.78 is 0. The Bertz CT molecular complexity index is 1310. The third kappa shape index (κ3) is 34.0. The highest BCUT2D eigenvalue weighted by Gasteiger charge is 2.16. The Kier molecular flexibility index (Phi) is 33.4. The summed E-state index contributed by atoms with van der Waals surface area (Å²) in [4.78, 5) is 102. The van der Waals surface area contributed by atoms with Crippen molar-refractivity contribution in [2.75, 3.05) is 91.6 Å². The lowest BCUT2D eigenvalue weighted by Gasteiger charge is -2.27. The zero-order valence-electron chi connectivity index (χ0n) is 34.9. The zero-order valence-corrected chi connectivity index (χ0v) is 34.9. The van der Waals surface area contributed by atoms with Gasteiger partial charge < -0.3 is 52.3 Å². The number of amides is 8. The van der Waals surface area contributed by atoms with Crippen molar-refractivity contribution in [1.82, 2.24) is 52.3 Å². The largest absolute Gasteiger partial charge is 0.354 e. The van der Waals surface area contributed by atoms with E-state index in [4.69, 9.17) is 25.7 Å². The molecule has 0 aliphatic rings. The Morgan fingerprint density at radius 3 is 0.617 bits per heavy atom. The second kappa shape index (κ2) is 37.2. The Hall–Kier alpha value is -6.08. The van der Waals surface area contributed by atoms with Crippen LogP contribution in [-0.4, -0.2) is 149 Å². The summed E-state index contributed by atoms with van der Waals surface area (Å²) in [6.07, 6.45) is 23.2. The van der Waals surface area contributed by atoms with Gasteiger partial charge in [0.2, 0.25) is 47.3 Å². The third-order valence-electron chi connectivity index (χ3n) is 8.42. The van der Waals surface area contributed by atoms with Crippen LogP contribution >= 0.6 is 0 Å². The van der Waals surface area contributed by atoms with E-state index in [1.165, 1.54) is 0 Å². The van der Waals surface area contributed by atoms with Gasteiger partial charge in [0.05, 0.1) is 0 Å². The molecule has 0 rings (SSSR count). The van der Waals surface area contributed by atoms with Crippen LogP contribution in [0.3, 0.4) is 0 Å². The maximum atomic E-state index is 12.7. The summed E-state index contributed by atoms with van der Waals surface area (Å²) >= 11 is 0. The molecule has 0 saturated carbocycles. The van der Waals surface area contributed by atoms with Crippen LogP contribution < -0.4 is 42.5 Å². The summed E-state index contributed by atoms with van der Waals surface area (Å²) in [5, 5.41) is 21.8. The van der Waals surface area contributed by atoms with E-state index >= 15 is 0 Å². The number of carbonyl (C=O) groups is 8. The minimum absolute atomic E-state index is 0.0969. The van der Waals surface area contributed by atoms with Crippen LogP contribution in [0.1, 0.15) is 77.0 Å². The predicted molar refractivity (Wildman–Crippen MR) is 228 cm³/mol. The van der Waals surface area contributed by atoms with Gasteiger partial charge in [0.25, 0.3) is 0 Å². The van der Waals surface area contributed by atoms with E-state index in [2.05, 4.69) is 66.2 Å². The number of hydrogen-bond donors (Lipinski definition) is 8. The van der Waals surface area contributed by atoms with Crippen molar-refractivity contribution in [3.63, 3.8) is 0 Å². The number of terminal acetylenes is 4. The minimum atomic E-state index is -0.257. The van der Waals surface area contributed by atoms with Crippen LogP contribution in [0.15, 0.2) is 0 Å². The van der Waals surface area contributed by atoms with E-state index in [0.29, 0.717) is 38.8 Å². The third-order valence-corrected chi connectivity index (χ3v) is 8.42. The molecule has 0 aromatic carbocycles. The smallest absolute Gasteiger partial charge is 0.221 e. The second-order valence-electron chi connectivity index (χ2n) is 13.3. The lowest BCUT2D eigenvalue weighted by molar-refractivity contribution is -0.123. The van der Waals surface area contributed by atoms with Crippen LogP contribution in [0.25, 0.3) is 0 Å². The molecule has 8 N–H and O–H groups in total. The Labute approximate surface area is 355 Å². The molecule has 0 fully saturated rings. The fourth-order valence-corrected chi connectivity index (χ4v) is 5.06. The number of hydrogen-bond acceptors (Lipinski definition) is 10. The molecule has 330 valence electrons. The monoisotopic (exact) mass is 836 g/mol. The SMILES string of the molecule is C#CCCC(=O)NCCNC(=O)CCN(CCC(=O)NCCNC(=O)CCC#C)CCN(CCC(=O)NCCNC(=O)CCC#C)CCC(=O)NCCNC(=O)CCC#C. The lowest BCUT2D eigenvalue weighted by atomic mass is 10.2. The molecule has 0 saturated heterocycles. The molecule has 8 amide bonds. The van der Waals surface area contributed by atoms with Gasteiger partial charge in [-0.1, -0.05) is 0 Å². The van der Waals surface area contributed by atoms with Crippen molar-refractivity contribution in [3.05, 3.63) is 0 Å². The van der Waals surface area contributed by atoms with Gasteiger partial charge in [0.15, 0.2) is 0 Å². The van der Waals surface area contributed by atoms with Crippen LogP contribution in [0.5, 0.6) is 0 Å². The molecule has 60 heavy (non-hydrogen) atoms. The van der Waals surface area contributed by atoms with Crippen molar-refractivity contribution in [2.45, 2.75) is 77.0 Å². The molecule has 0 aliphatic carbocycles. The first-order chi connectivity index (χ1) is 28.9. The normalized spacial score (nSPS) is 10.2. The number of nitrogens with zero attached hydrogens (tertiary/aromatic N) is 2. The first-order valence-corrected chi connectivity index (χ1v) is 20.3. The molecule has 0 radical (unpaired) electrons. The highest BCUT2D eigenvalue weighted by Crippen LogP contribution is 2.01. The van der Waals surface area contributed by atoms with Gasteiger partial charge in [-0.05, 0) is 0 Å². The molecule has 18 nitrogen and oxygen atoms in total. The summed E-state index contributed by atoms with van der Waals surface area (Å²) in [5.74, 6) is 7.73. The molecule has 0 unspecified atom stereocenters. The van der Waals surface area contributed by atoms with Crippen molar-refractivity contribution in [3.8, 4) is 49.4 Å². The van der Waals surface area contributed by atoms with E-state index in [-0.39, 0.29) is 177 Å². The maximum absolute atomic E-state index is 12.7. The summed E-state index contributed by atoms with van der Waals surface area (Å²) in [6.45, 7) is 3.73. The summed E-state index contributed by atoms with van der Waals surface area (Å²) in [7, 11) is 0. The van der Waals surface area contributed by atoms with Crippen LogP contribution in [-0.2, 0) is 38.4 Å². The van der Waals surface area contributed by atoms with Crippen molar-refractivity contribution in [1.29, 1.82) is 0 Å². The molecule has 0 aromatic rings. The van der Waals surface area contributed by atoms with E-state index in [9.17, 15) is 38.4 Å². The molecule has 0 spiro atoms. The molecule has 0 atom stereocenters. The van der Waals surface area contributed by atoms with Crippen molar-refractivity contribution >= 4 is 47.3 Å². The second-order valence-corrected chi connectivity index (χ2v) is 13.3. The Balaban J connectivity index is 5.45. The van der Waals surface area contributed by atoms with Crippen LogP contribution in [0.2, 0.25) is 0 Å². The first kappa shape index (κ1) is 53.9. The maximum Gasteiger partial charge on any atom is 0.221 e. The molecule has 0 bridgehead atoms. The molecule has 0 aliphatic heterocycles. The Morgan fingerprint density at radius 1 is 0.283 bits per heavy atom. The average molecular weight is 837 g/mol. The topological polar surface area (TPSA) is 239 Å². The zero-order chi connectivity index (χ0) is 44.6. The average Bonchev–Trinajstić information content (AvgIpc) is 3.23. The van der Waals surface area contributed by atoms with Gasteiger partial charge in [0, 0.05) is 169 Å². The fourth-order valence-electron chi connectivity index (χ4n) is 5.06. The first-order valence-electron chi connectivity index (χ1n) is 20.3. The molecule has 18 heteroatoms. The number of rotatable bonds is 35. The van der Waals surface area contributed by atoms with Gasteiger partial charge in [-0.15, -0.1) is 49.4 Å². The molecular weight excluding hydrogens is 773 g/mol. The highest BCUT2D eigenvalue weighted by molar-refractivity contribution is 5.79. The lowest BCUT2D eigenvalue weighted by Crippen LogP contribution is -2.42. The van der Waals surface area contributed by atoms with Crippen molar-refractivity contribution < 1.29 is 38.4 Å². The van der Waals surface area contributed by atoms with E-state index in [1.807, 2.05) is 9.80 Å². The Morgan fingerprint density at radius 2 is 0.450 bits per heavy atom. The van der Waals surface area contributed by atoms with E-state index < -0.39 is 0 Å². The number of carbonyl (C=O) groups excluding carboxylic acids is 8. The van der Waals surface area contributed by atoms with Gasteiger partial charge in [-0.2, -0.15) is 0 Å². The standard InChI is InChI=1S/C42H64N10O8/c1-5-9-13-35(53)43-21-25-47-39(57)17-29-51(30-18-40(58)48-26-22-44-36(54)14-10-6-2)33-34-52(31-19-41(59)49-27-23-45-37(55)15-11-7-3)32-20-42(60)50-28-24-46-38(56)16-12-8-4/h1-4H,9-34H2,(H,43,53)(H,44,54)(H,45,55)(H,46,56)(H,47,57)(H,48,58)(H,49,59)(H,50,60). The predicted octanol–water partition coefficient (Wildman–Crippen LogP) is -2.27. The van der Waals surface area contributed by atoms with Gasteiger partial charge in [0.1, 0.15) is 0 Å². The number of nitrogens with one attached hydrogen (secondary N) is 8. The fraction of sp³-hybridized carbons (Fsp3) is 0.619. The molecule has 0 aromatic heterocycles. The quantitative estimate of drug-likeness (QED) is 0.0252.